The summed E-state index contributed by atoms with van der Waals surface area (Å²) in [6.07, 6.45) is 6.31. The van der Waals surface area contributed by atoms with Gasteiger partial charge in [-0.1, -0.05) is 33.1 Å². The Hall–Kier alpha value is -2.60. The lowest BCUT2D eigenvalue weighted by molar-refractivity contribution is -0.131. The number of hydrogen-bond acceptors (Lipinski definition) is 7. The van der Waals surface area contributed by atoms with Crippen LogP contribution in [0.5, 0.6) is 0 Å². The number of nitrogens with one attached hydrogen (secondary N) is 2. The Labute approximate surface area is 206 Å². The summed E-state index contributed by atoms with van der Waals surface area (Å²) in [4.78, 5) is 15.1. The van der Waals surface area contributed by atoms with Crippen LogP contribution in [0.4, 0.5) is 11.4 Å². The van der Waals surface area contributed by atoms with Crippen molar-refractivity contribution in [2.75, 3.05) is 22.8 Å². The van der Waals surface area contributed by atoms with E-state index >= 15 is 0 Å². The molecule has 10 nitrogen and oxygen atoms in total. The van der Waals surface area contributed by atoms with Gasteiger partial charge in [0.15, 0.2) is 5.84 Å². The standard InChI is InChI=1S/C23H32N4O6S2/c1-14(2)8-9-15-13-27(17-6-4-5-7-17)23(29)20(21(15)28)22-24-18-11-10-16(25-34(3,30)31)12-19(18)35(32,33)26-22/h10-12,14-15,17,25,28H,4-9,13H2,1-3H3,(H,24,26). The molecule has 12 heteroatoms. The Balaban J connectivity index is 1.74. The first-order valence-electron chi connectivity index (χ1n) is 11.8. The van der Waals surface area contributed by atoms with Crippen LogP contribution < -0.4 is 10.0 Å². The van der Waals surface area contributed by atoms with Crippen LogP contribution >= 0.6 is 0 Å². The van der Waals surface area contributed by atoms with Crippen molar-refractivity contribution in [3.63, 3.8) is 0 Å². The lowest BCUT2D eigenvalue weighted by atomic mass is 9.88. The first kappa shape index (κ1) is 25.5. The van der Waals surface area contributed by atoms with Crippen LogP contribution in [0, 0.1) is 11.8 Å². The molecule has 2 aliphatic heterocycles. The van der Waals surface area contributed by atoms with Crippen molar-refractivity contribution in [3.05, 3.63) is 29.5 Å². The van der Waals surface area contributed by atoms with Crippen molar-refractivity contribution in [2.45, 2.75) is 63.3 Å². The Morgan fingerprint density at radius 1 is 1.26 bits per heavy atom. The molecule has 1 unspecified atom stereocenters. The highest BCUT2D eigenvalue weighted by Crippen LogP contribution is 2.37. The molecule has 0 spiro atoms. The summed E-state index contributed by atoms with van der Waals surface area (Å²) in [5, 5.41) is 14.1. The van der Waals surface area contributed by atoms with Crippen LogP contribution in [-0.4, -0.2) is 57.4 Å². The summed E-state index contributed by atoms with van der Waals surface area (Å²) in [6, 6.07) is 4.06. The van der Waals surface area contributed by atoms with Crippen molar-refractivity contribution in [1.82, 2.24) is 4.90 Å². The summed E-state index contributed by atoms with van der Waals surface area (Å²) in [5.74, 6) is -0.654. The minimum Gasteiger partial charge on any atom is -0.511 e. The molecule has 35 heavy (non-hydrogen) atoms. The van der Waals surface area contributed by atoms with E-state index < -0.39 is 26.0 Å². The molecule has 1 aromatic carbocycles. The summed E-state index contributed by atoms with van der Waals surface area (Å²) in [5.41, 5.74) is 0.121. The summed E-state index contributed by atoms with van der Waals surface area (Å²) in [7, 11) is -7.88. The quantitative estimate of drug-likeness (QED) is 0.496. The highest BCUT2D eigenvalue weighted by Gasteiger charge is 2.41. The maximum Gasteiger partial charge on any atom is 0.286 e. The summed E-state index contributed by atoms with van der Waals surface area (Å²) >= 11 is 0. The minimum absolute atomic E-state index is 0.0601. The van der Waals surface area contributed by atoms with Crippen LogP contribution in [0.1, 0.15) is 52.4 Å². The van der Waals surface area contributed by atoms with Crippen LogP contribution in [0.15, 0.2) is 38.8 Å². The van der Waals surface area contributed by atoms with Gasteiger partial charge < -0.3 is 15.3 Å². The molecule has 0 bridgehead atoms. The van der Waals surface area contributed by atoms with Crippen LogP contribution in [-0.2, 0) is 24.8 Å². The first-order chi connectivity index (χ1) is 16.4. The average molecular weight is 525 g/mol. The fourth-order valence-electron chi connectivity index (χ4n) is 4.92. The zero-order valence-corrected chi connectivity index (χ0v) is 21.7. The molecule has 1 aliphatic carbocycles. The predicted molar refractivity (Wildman–Crippen MR) is 134 cm³/mol. The number of rotatable bonds is 7. The first-order valence-corrected chi connectivity index (χ1v) is 15.2. The molecular formula is C23H32N4O6S2. The Bertz CT molecular complexity index is 1300. The van der Waals surface area contributed by atoms with E-state index in [9.17, 15) is 26.7 Å². The number of aliphatic hydroxyl groups excluding tert-OH is 1. The van der Waals surface area contributed by atoms with Gasteiger partial charge in [0.2, 0.25) is 10.0 Å². The largest absolute Gasteiger partial charge is 0.511 e. The SMILES string of the molecule is CC(C)CCC1CN(C2CCCC2)C(=O)C(C2=NS(=O)(=O)c3cc(NS(C)(=O)=O)ccc3N2)=C1O. The molecule has 192 valence electrons. The van der Waals surface area contributed by atoms with E-state index in [0.717, 1.165) is 38.4 Å². The molecule has 0 saturated heterocycles. The van der Waals surface area contributed by atoms with Gasteiger partial charge in [-0.05, 0) is 43.4 Å². The lowest BCUT2D eigenvalue weighted by Crippen LogP contribution is -2.49. The van der Waals surface area contributed by atoms with Crippen molar-refractivity contribution < 1.29 is 26.7 Å². The summed E-state index contributed by atoms with van der Waals surface area (Å²) in [6.45, 7) is 4.59. The molecule has 1 atom stereocenters. The van der Waals surface area contributed by atoms with Crippen molar-refractivity contribution in [2.24, 2.45) is 16.2 Å². The predicted octanol–water partition coefficient (Wildman–Crippen LogP) is 3.22. The lowest BCUT2D eigenvalue weighted by Gasteiger charge is -2.38. The molecule has 0 radical (unpaired) electrons. The zero-order valence-electron chi connectivity index (χ0n) is 20.1. The van der Waals surface area contributed by atoms with Crippen LogP contribution in [0.3, 0.4) is 0 Å². The molecule has 1 saturated carbocycles. The van der Waals surface area contributed by atoms with Gasteiger partial charge in [-0.2, -0.15) is 8.42 Å². The number of nitrogens with zero attached hydrogens (tertiary/aromatic N) is 2. The third-order valence-electron chi connectivity index (χ3n) is 6.66. The van der Waals surface area contributed by atoms with Gasteiger partial charge in [0.05, 0.1) is 11.9 Å². The normalized spacial score (nSPS) is 22.7. The van der Waals surface area contributed by atoms with E-state index in [1.165, 1.54) is 18.2 Å². The monoisotopic (exact) mass is 524 g/mol. The molecule has 3 N–H and O–H groups in total. The number of fused-ring (bicyclic) bond motifs is 1. The van der Waals surface area contributed by atoms with E-state index in [2.05, 4.69) is 28.3 Å². The average Bonchev–Trinajstić information content (AvgIpc) is 3.27. The Kier molecular flexibility index (Phi) is 6.89. The molecular weight excluding hydrogens is 492 g/mol. The van der Waals surface area contributed by atoms with Crippen molar-refractivity contribution in [1.29, 1.82) is 0 Å². The second kappa shape index (κ2) is 9.45. The fraction of sp³-hybridized carbons (Fsp3) is 0.565. The van der Waals surface area contributed by atoms with Gasteiger partial charge in [0.25, 0.3) is 15.9 Å². The molecule has 1 aromatic rings. The van der Waals surface area contributed by atoms with Gasteiger partial charge in [0.1, 0.15) is 16.2 Å². The number of aliphatic hydroxyl groups is 1. The minimum atomic E-state index is -4.27. The van der Waals surface area contributed by atoms with Gasteiger partial charge in [-0.15, -0.1) is 4.40 Å². The molecule has 0 aromatic heterocycles. The maximum atomic E-state index is 13.6. The Morgan fingerprint density at radius 2 is 1.94 bits per heavy atom. The molecule has 1 amide bonds. The molecule has 1 fully saturated rings. The highest BCUT2D eigenvalue weighted by molar-refractivity contribution is 7.92. The topological polar surface area (TPSA) is 145 Å². The van der Waals surface area contributed by atoms with E-state index in [0.29, 0.717) is 18.9 Å². The molecule has 2 heterocycles. The Morgan fingerprint density at radius 3 is 2.57 bits per heavy atom. The number of benzene rings is 1. The third kappa shape index (κ3) is 5.48. The fourth-order valence-corrected chi connectivity index (χ4v) is 6.63. The van der Waals surface area contributed by atoms with E-state index in [1.54, 1.807) is 4.90 Å². The van der Waals surface area contributed by atoms with Gasteiger partial charge in [0, 0.05) is 24.2 Å². The van der Waals surface area contributed by atoms with Crippen LogP contribution in [0.2, 0.25) is 0 Å². The van der Waals surface area contributed by atoms with Crippen molar-refractivity contribution >= 4 is 43.2 Å². The second-order valence-corrected chi connectivity index (χ2v) is 13.3. The maximum absolute atomic E-state index is 13.6. The van der Waals surface area contributed by atoms with E-state index in [4.69, 9.17) is 0 Å². The zero-order chi connectivity index (χ0) is 25.5. The molecule has 4 rings (SSSR count). The molecule has 3 aliphatic rings. The van der Waals surface area contributed by atoms with Crippen molar-refractivity contribution in [3.8, 4) is 0 Å². The van der Waals surface area contributed by atoms with Gasteiger partial charge in [-0.25, -0.2) is 8.42 Å². The van der Waals surface area contributed by atoms with Gasteiger partial charge in [-0.3, -0.25) is 9.52 Å². The summed E-state index contributed by atoms with van der Waals surface area (Å²) < 4.78 is 55.3. The van der Waals surface area contributed by atoms with Gasteiger partial charge >= 0.3 is 0 Å². The smallest absolute Gasteiger partial charge is 0.286 e. The number of amides is 1. The van der Waals surface area contributed by atoms with Crippen LogP contribution in [0.25, 0.3) is 0 Å². The number of carbonyl (C=O) groups excluding carboxylic acids is 1. The number of hydrogen-bond donors (Lipinski definition) is 3. The third-order valence-corrected chi connectivity index (χ3v) is 8.58. The number of anilines is 2. The van der Waals surface area contributed by atoms with E-state index in [1.807, 2.05) is 0 Å². The number of sulfonamides is 2. The number of carbonyl (C=O) groups is 1. The number of amidine groups is 1. The van der Waals surface area contributed by atoms with E-state index in [-0.39, 0.29) is 45.4 Å². The highest BCUT2D eigenvalue weighted by atomic mass is 32.2. The second-order valence-electron chi connectivity index (χ2n) is 9.95.